The van der Waals surface area contributed by atoms with E-state index in [2.05, 4.69) is 13.8 Å². The van der Waals surface area contributed by atoms with Crippen LogP contribution >= 0.6 is 7.82 Å². The predicted molar refractivity (Wildman–Crippen MR) is 222 cm³/mol. The number of esters is 1. The van der Waals surface area contributed by atoms with Crippen LogP contribution in [-0.4, -0.2) is 70.7 Å². The molecule has 0 saturated heterocycles. The number of carbonyl (C=O) groups excluding carboxylic acids is 1. The van der Waals surface area contributed by atoms with E-state index in [1.165, 1.54) is 167 Å². The number of nitrogens with zero attached hydrogens (tertiary/aromatic N) is 1. The maximum atomic E-state index is 12.7. The first-order chi connectivity index (χ1) is 25.6. The van der Waals surface area contributed by atoms with Gasteiger partial charge in [0.25, 0.3) is 7.82 Å². The molecule has 8 nitrogen and oxygen atoms in total. The molecule has 0 saturated carbocycles. The van der Waals surface area contributed by atoms with Crippen molar-refractivity contribution in [3.63, 3.8) is 0 Å². The van der Waals surface area contributed by atoms with E-state index < -0.39 is 13.9 Å². The fourth-order valence-corrected chi connectivity index (χ4v) is 7.34. The highest BCUT2D eigenvalue weighted by Crippen LogP contribution is 2.38. The Morgan fingerprint density at radius 1 is 0.509 bits per heavy atom. The van der Waals surface area contributed by atoms with Crippen LogP contribution in [0.25, 0.3) is 0 Å². The summed E-state index contributed by atoms with van der Waals surface area (Å²) >= 11 is 0. The zero-order chi connectivity index (χ0) is 39.1. The van der Waals surface area contributed by atoms with Gasteiger partial charge in [0.1, 0.15) is 19.3 Å². The maximum Gasteiger partial charge on any atom is 0.306 e. The highest BCUT2D eigenvalue weighted by atomic mass is 31.2. The van der Waals surface area contributed by atoms with Gasteiger partial charge in [-0.15, -0.1) is 0 Å². The van der Waals surface area contributed by atoms with Crippen molar-refractivity contribution in [2.24, 2.45) is 0 Å². The van der Waals surface area contributed by atoms with E-state index in [0.29, 0.717) is 24.1 Å². The molecule has 0 amide bonds. The summed E-state index contributed by atoms with van der Waals surface area (Å²) in [4.78, 5) is 25.0. The summed E-state index contributed by atoms with van der Waals surface area (Å²) in [5.41, 5.74) is 0. The number of unbranched alkanes of at least 4 members (excludes halogenated alkanes) is 29. The SMILES string of the molecule is CCCCCCCCCCCCCCCCCCCC(=O)O[C@H](COCCCCCCCCCCCCCCCC)COP(=O)([O-])OCC[N+](C)(C)C. The van der Waals surface area contributed by atoms with Crippen molar-refractivity contribution < 1.29 is 37.3 Å². The Kier molecular flexibility index (Phi) is 38.0. The third-order valence-corrected chi connectivity index (χ3v) is 11.1. The van der Waals surface area contributed by atoms with Crippen molar-refractivity contribution >= 4 is 13.8 Å². The van der Waals surface area contributed by atoms with Crippen LogP contribution in [0, 0.1) is 0 Å². The van der Waals surface area contributed by atoms with Gasteiger partial charge in [-0.3, -0.25) is 9.36 Å². The van der Waals surface area contributed by atoms with E-state index in [4.69, 9.17) is 18.5 Å². The summed E-state index contributed by atoms with van der Waals surface area (Å²) < 4.78 is 34.6. The molecule has 0 aliphatic carbocycles. The molecule has 53 heavy (non-hydrogen) atoms. The number of quaternary nitrogens is 1. The Balaban J connectivity index is 4.16. The zero-order valence-corrected chi connectivity index (χ0v) is 36.9. The molecule has 1 unspecified atom stereocenters. The molecule has 318 valence electrons. The smallest absolute Gasteiger partial charge is 0.306 e. The van der Waals surface area contributed by atoms with Gasteiger partial charge in [-0.05, 0) is 12.8 Å². The van der Waals surface area contributed by atoms with E-state index in [9.17, 15) is 14.3 Å². The Morgan fingerprint density at radius 3 is 1.25 bits per heavy atom. The fraction of sp³-hybridized carbons (Fsp3) is 0.977. The Hall–Kier alpha value is -0.500. The first-order valence-electron chi connectivity index (χ1n) is 22.8. The summed E-state index contributed by atoms with van der Waals surface area (Å²) in [6.07, 6.45) is 39.6. The van der Waals surface area contributed by atoms with Crippen LogP contribution in [0.5, 0.6) is 0 Å². The molecule has 0 rings (SSSR count). The van der Waals surface area contributed by atoms with Gasteiger partial charge in [-0.2, -0.15) is 0 Å². The molecule has 0 aliphatic rings. The lowest BCUT2D eigenvalue weighted by molar-refractivity contribution is -0.870. The molecule has 0 aromatic carbocycles. The number of likely N-dealkylation sites (N-methyl/N-ethyl adjacent to an activating group) is 1. The number of phosphoric acid groups is 1. The number of hydrogen-bond acceptors (Lipinski definition) is 7. The van der Waals surface area contributed by atoms with Crippen LogP contribution in [0.3, 0.4) is 0 Å². The minimum atomic E-state index is -4.51. The number of rotatable bonds is 43. The monoisotopic (exact) mass is 776 g/mol. The zero-order valence-electron chi connectivity index (χ0n) is 36.0. The fourth-order valence-electron chi connectivity index (χ4n) is 6.61. The predicted octanol–water partition coefficient (Wildman–Crippen LogP) is 12.6. The quantitative estimate of drug-likeness (QED) is 0.0263. The van der Waals surface area contributed by atoms with Crippen LogP contribution in [0.1, 0.15) is 219 Å². The van der Waals surface area contributed by atoms with Crippen molar-refractivity contribution in [3.05, 3.63) is 0 Å². The van der Waals surface area contributed by atoms with Crippen molar-refractivity contribution in [1.29, 1.82) is 0 Å². The second-order valence-corrected chi connectivity index (χ2v) is 18.2. The van der Waals surface area contributed by atoms with E-state index in [-0.39, 0.29) is 25.8 Å². The third kappa shape index (κ3) is 42.5. The summed E-state index contributed by atoms with van der Waals surface area (Å²) in [5, 5.41) is 0. The molecule has 0 fully saturated rings. The van der Waals surface area contributed by atoms with Gasteiger partial charge in [0, 0.05) is 13.0 Å². The molecule has 0 heterocycles. The lowest BCUT2D eigenvalue weighted by Crippen LogP contribution is -2.37. The van der Waals surface area contributed by atoms with E-state index in [1.54, 1.807) is 0 Å². The van der Waals surface area contributed by atoms with Crippen LogP contribution in [0.4, 0.5) is 0 Å². The lowest BCUT2D eigenvalue weighted by Gasteiger charge is -2.28. The molecular formula is C44H90NO7P. The summed E-state index contributed by atoms with van der Waals surface area (Å²) in [6.45, 7) is 5.47. The van der Waals surface area contributed by atoms with Crippen LogP contribution in [0.15, 0.2) is 0 Å². The molecular weight excluding hydrogens is 685 g/mol. The van der Waals surface area contributed by atoms with Crippen LogP contribution in [0.2, 0.25) is 0 Å². The molecule has 2 atom stereocenters. The molecule has 0 spiro atoms. The molecule has 0 radical (unpaired) electrons. The Labute approximate surface area is 329 Å². The molecule has 0 aromatic rings. The minimum Gasteiger partial charge on any atom is -0.756 e. The Morgan fingerprint density at radius 2 is 0.868 bits per heavy atom. The molecule has 9 heteroatoms. The lowest BCUT2D eigenvalue weighted by atomic mass is 10.0. The Bertz CT molecular complexity index is 822. The van der Waals surface area contributed by atoms with Gasteiger partial charge < -0.3 is 27.9 Å². The van der Waals surface area contributed by atoms with Crippen LogP contribution < -0.4 is 4.89 Å². The van der Waals surface area contributed by atoms with E-state index in [0.717, 1.165) is 32.1 Å². The van der Waals surface area contributed by atoms with Gasteiger partial charge in [-0.1, -0.05) is 200 Å². The average molecular weight is 776 g/mol. The molecule has 0 bridgehead atoms. The van der Waals surface area contributed by atoms with Crippen molar-refractivity contribution in [2.75, 3.05) is 54.1 Å². The number of carbonyl (C=O) groups is 1. The van der Waals surface area contributed by atoms with Gasteiger partial charge in [0.05, 0.1) is 34.4 Å². The van der Waals surface area contributed by atoms with Gasteiger partial charge in [-0.25, -0.2) is 0 Å². The number of phosphoric ester groups is 1. The first kappa shape index (κ1) is 52.5. The standard InChI is InChI=1S/C44H90NO7P/c1-6-8-10-12-14-16-18-20-22-23-24-25-27-29-31-33-35-37-44(46)52-43(42-51-53(47,48)50-40-38-45(3,4)5)41-49-39-36-34-32-30-28-26-21-19-17-15-13-11-9-7-2/h43H,6-42H2,1-5H3/t43-/m1/s1. The van der Waals surface area contributed by atoms with Crippen molar-refractivity contribution in [1.82, 2.24) is 0 Å². The van der Waals surface area contributed by atoms with Gasteiger partial charge >= 0.3 is 5.97 Å². The van der Waals surface area contributed by atoms with Gasteiger partial charge in [0.15, 0.2) is 0 Å². The topological polar surface area (TPSA) is 94.1 Å². The third-order valence-electron chi connectivity index (χ3n) is 10.2. The van der Waals surface area contributed by atoms with Crippen molar-refractivity contribution in [2.45, 2.75) is 225 Å². The largest absolute Gasteiger partial charge is 0.756 e. The van der Waals surface area contributed by atoms with Gasteiger partial charge in [0.2, 0.25) is 0 Å². The summed E-state index contributed by atoms with van der Waals surface area (Å²) in [5.74, 6) is -0.327. The van der Waals surface area contributed by atoms with E-state index >= 15 is 0 Å². The normalized spacial score (nSPS) is 13.7. The molecule has 0 aromatic heterocycles. The average Bonchev–Trinajstić information content (AvgIpc) is 3.11. The summed E-state index contributed by atoms with van der Waals surface area (Å²) in [7, 11) is 1.37. The van der Waals surface area contributed by atoms with Crippen molar-refractivity contribution in [3.8, 4) is 0 Å². The molecule has 0 N–H and O–H groups in total. The molecule has 0 aliphatic heterocycles. The first-order valence-corrected chi connectivity index (χ1v) is 24.2. The highest BCUT2D eigenvalue weighted by Gasteiger charge is 2.20. The minimum absolute atomic E-state index is 0.0314. The maximum absolute atomic E-state index is 12.7. The van der Waals surface area contributed by atoms with Crippen LogP contribution in [-0.2, 0) is 27.9 Å². The number of hydrogen-bond donors (Lipinski definition) is 0. The highest BCUT2D eigenvalue weighted by molar-refractivity contribution is 7.45. The second-order valence-electron chi connectivity index (χ2n) is 16.8. The number of ether oxygens (including phenoxy) is 2. The van der Waals surface area contributed by atoms with E-state index in [1.807, 2.05) is 21.1 Å². The summed E-state index contributed by atoms with van der Waals surface area (Å²) in [6, 6.07) is 0. The second kappa shape index (κ2) is 38.4.